The number of carbonyl (C=O) groups excluding carboxylic acids is 4. The summed E-state index contributed by atoms with van der Waals surface area (Å²) < 4.78 is 0. The Balaban J connectivity index is 1.20. The molecule has 0 spiro atoms. The van der Waals surface area contributed by atoms with E-state index in [1.807, 2.05) is 0 Å². The van der Waals surface area contributed by atoms with Crippen LogP contribution in [0.1, 0.15) is 222 Å². The molecule has 2 heterocycles. The van der Waals surface area contributed by atoms with E-state index in [0.29, 0.717) is 46.1 Å². The first-order valence-corrected chi connectivity index (χ1v) is 20.8. The fourth-order valence-electron chi connectivity index (χ4n) is 7.96. The van der Waals surface area contributed by atoms with E-state index in [0.717, 1.165) is 38.5 Å². The third kappa shape index (κ3) is 11.0. The molecule has 0 aliphatic carbocycles. The topological polar surface area (TPSA) is 74.8 Å². The van der Waals surface area contributed by atoms with Gasteiger partial charge in [0.25, 0.3) is 23.6 Å². The average molecular weight is 687 g/mol. The molecule has 0 bridgehead atoms. The molecule has 0 saturated heterocycles. The van der Waals surface area contributed by atoms with Gasteiger partial charge in [0.1, 0.15) is 0 Å². The quantitative estimate of drug-likeness (QED) is 0.0659. The molecular weight excluding hydrogens is 620 g/mol. The van der Waals surface area contributed by atoms with E-state index in [4.69, 9.17) is 0 Å². The first kappa shape index (κ1) is 39.8. The third-order valence-electron chi connectivity index (χ3n) is 11.0. The average Bonchev–Trinajstić information content (AvgIpc) is 3.12. The molecule has 4 rings (SSSR count). The van der Waals surface area contributed by atoms with Crippen LogP contribution in [0.2, 0.25) is 0 Å². The molecule has 0 atom stereocenters. The highest BCUT2D eigenvalue weighted by atomic mass is 16.2. The van der Waals surface area contributed by atoms with E-state index in [1.165, 1.54) is 138 Å². The van der Waals surface area contributed by atoms with Gasteiger partial charge in [-0.2, -0.15) is 0 Å². The first-order chi connectivity index (χ1) is 24.5. The number of rotatable bonds is 28. The molecule has 50 heavy (non-hydrogen) atoms. The summed E-state index contributed by atoms with van der Waals surface area (Å²) in [5.41, 5.74) is 1.67. The molecule has 2 aliphatic rings. The highest BCUT2D eigenvalue weighted by Crippen LogP contribution is 2.38. The summed E-state index contributed by atoms with van der Waals surface area (Å²) in [5.74, 6) is -1.28. The molecule has 4 amide bonds. The Morgan fingerprint density at radius 2 is 0.520 bits per heavy atom. The largest absolute Gasteiger partial charge is 0.274 e. The van der Waals surface area contributed by atoms with E-state index in [2.05, 4.69) is 13.8 Å². The van der Waals surface area contributed by atoms with Crippen LogP contribution in [0.3, 0.4) is 0 Å². The molecule has 2 aromatic rings. The Bertz CT molecular complexity index is 1220. The molecule has 0 fully saturated rings. The Morgan fingerprint density at radius 3 is 0.740 bits per heavy atom. The van der Waals surface area contributed by atoms with Gasteiger partial charge < -0.3 is 0 Å². The maximum Gasteiger partial charge on any atom is 0.261 e. The molecule has 0 aromatic heterocycles. The fraction of sp³-hybridized carbons (Fsp3) is 0.682. The maximum absolute atomic E-state index is 13.6. The Morgan fingerprint density at radius 1 is 0.320 bits per heavy atom. The van der Waals surface area contributed by atoms with Gasteiger partial charge in [-0.25, -0.2) is 0 Å². The van der Waals surface area contributed by atoms with Gasteiger partial charge in [-0.3, -0.25) is 29.0 Å². The minimum Gasteiger partial charge on any atom is -0.274 e. The minimum absolute atomic E-state index is 0.320. The normalized spacial score (nSPS) is 14.1. The van der Waals surface area contributed by atoms with Crippen molar-refractivity contribution in [2.24, 2.45) is 0 Å². The number of unbranched alkanes of at least 4 members (excludes halogenated alkanes) is 24. The predicted octanol–water partition coefficient (Wildman–Crippen LogP) is 12.2. The number of carbonyl (C=O) groups is 4. The predicted molar refractivity (Wildman–Crippen MR) is 206 cm³/mol. The molecule has 6 heteroatoms. The monoisotopic (exact) mass is 687 g/mol. The van der Waals surface area contributed by atoms with Crippen molar-refractivity contribution in [3.63, 3.8) is 0 Å². The second-order valence-electron chi connectivity index (χ2n) is 15.1. The Hall–Kier alpha value is -3.02. The van der Waals surface area contributed by atoms with Gasteiger partial charge in [0.05, 0.1) is 0 Å². The number of imide groups is 2. The first-order valence-electron chi connectivity index (χ1n) is 20.8. The zero-order valence-corrected chi connectivity index (χ0v) is 31.6. The van der Waals surface area contributed by atoms with Gasteiger partial charge in [0.2, 0.25) is 0 Å². The molecule has 0 saturated carbocycles. The summed E-state index contributed by atoms with van der Waals surface area (Å²) in [6, 6.07) is 6.75. The standard InChI is InChI=1S/C44H66N2O4/c1-3-5-7-9-11-13-15-17-19-21-23-25-27-33-45-41(47)35-29-31-37-40-38(32-30-36(39(35)40)42(45)48)44(50)46(43(37)49)34-28-26-24-22-20-18-16-14-12-10-8-6-4-2/h29-32H,3-28,33-34H2,1-2H3. The lowest BCUT2D eigenvalue weighted by molar-refractivity contribution is 0.0586. The van der Waals surface area contributed by atoms with Crippen LogP contribution in [0, 0.1) is 0 Å². The second kappa shape index (κ2) is 22.0. The highest BCUT2D eigenvalue weighted by Gasteiger charge is 2.39. The van der Waals surface area contributed by atoms with Gasteiger partial charge in [0.15, 0.2) is 0 Å². The smallest absolute Gasteiger partial charge is 0.261 e. The Kier molecular flexibility index (Phi) is 17.5. The number of hydrogen-bond acceptors (Lipinski definition) is 4. The summed E-state index contributed by atoms with van der Waals surface area (Å²) in [7, 11) is 0. The van der Waals surface area contributed by atoms with Crippen LogP contribution in [0.4, 0.5) is 0 Å². The molecule has 0 unspecified atom stereocenters. The van der Waals surface area contributed by atoms with E-state index in [-0.39, 0.29) is 23.6 Å². The van der Waals surface area contributed by atoms with E-state index in [9.17, 15) is 19.2 Å². The van der Waals surface area contributed by atoms with Crippen LogP contribution in [0.15, 0.2) is 24.3 Å². The van der Waals surface area contributed by atoms with Gasteiger partial charge in [-0.15, -0.1) is 0 Å². The molecular formula is C44H66N2O4. The van der Waals surface area contributed by atoms with Crippen LogP contribution in [-0.2, 0) is 0 Å². The lowest BCUT2D eigenvalue weighted by Gasteiger charge is -2.32. The lowest BCUT2D eigenvalue weighted by atomic mass is 9.86. The molecule has 0 radical (unpaired) electrons. The SMILES string of the molecule is CCCCCCCCCCCCCCCN1C(=O)c2ccc3c4c(ccc(c24)C1=O)C(=O)N(CCCCCCCCCCCCCCC)C3=O. The number of nitrogens with zero attached hydrogens (tertiary/aromatic N) is 2. The number of hydrogen-bond donors (Lipinski definition) is 0. The van der Waals surface area contributed by atoms with Crippen molar-refractivity contribution >= 4 is 34.4 Å². The van der Waals surface area contributed by atoms with Crippen molar-refractivity contribution in [1.82, 2.24) is 9.80 Å². The molecule has 2 aliphatic heterocycles. The van der Waals surface area contributed by atoms with E-state index in [1.54, 1.807) is 24.3 Å². The van der Waals surface area contributed by atoms with Crippen LogP contribution < -0.4 is 0 Å². The zero-order valence-electron chi connectivity index (χ0n) is 31.6. The van der Waals surface area contributed by atoms with Crippen LogP contribution in [-0.4, -0.2) is 46.5 Å². The van der Waals surface area contributed by atoms with Crippen molar-refractivity contribution in [3.05, 3.63) is 46.5 Å². The van der Waals surface area contributed by atoms with Crippen molar-refractivity contribution in [3.8, 4) is 0 Å². The van der Waals surface area contributed by atoms with Crippen LogP contribution in [0.25, 0.3) is 10.8 Å². The lowest BCUT2D eigenvalue weighted by Crippen LogP contribution is -2.43. The Labute approximate surface area is 303 Å². The van der Waals surface area contributed by atoms with Gasteiger partial charge in [-0.1, -0.05) is 168 Å². The summed E-state index contributed by atoms with van der Waals surface area (Å²) in [6.45, 7) is 5.30. The second-order valence-corrected chi connectivity index (χ2v) is 15.1. The van der Waals surface area contributed by atoms with Crippen molar-refractivity contribution in [2.45, 2.75) is 181 Å². The van der Waals surface area contributed by atoms with Crippen molar-refractivity contribution in [2.75, 3.05) is 13.1 Å². The molecule has 2 aromatic carbocycles. The number of amides is 4. The van der Waals surface area contributed by atoms with Gasteiger partial charge in [0, 0.05) is 46.1 Å². The maximum atomic E-state index is 13.6. The van der Waals surface area contributed by atoms with Crippen LogP contribution >= 0.6 is 0 Å². The summed E-state index contributed by atoms with van der Waals surface area (Å²) in [5, 5.41) is 0.942. The van der Waals surface area contributed by atoms with E-state index >= 15 is 0 Å². The molecule has 6 nitrogen and oxygen atoms in total. The molecule has 0 N–H and O–H groups in total. The fourth-order valence-corrected chi connectivity index (χ4v) is 7.96. The van der Waals surface area contributed by atoms with Gasteiger partial charge >= 0.3 is 0 Å². The number of benzene rings is 2. The van der Waals surface area contributed by atoms with Crippen LogP contribution in [0.5, 0.6) is 0 Å². The summed E-state index contributed by atoms with van der Waals surface area (Å²) in [4.78, 5) is 57.1. The van der Waals surface area contributed by atoms with Crippen molar-refractivity contribution < 1.29 is 19.2 Å². The van der Waals surface area contributed by atoms with Gasteiger partial charge in [-0.05, 0) is 37.1 Å². The summed E-state index contributed by atoms with van der Waals surface area (Å²) in [6.07, 6.45) is 32.2. The summed E-state index contributed by atoms with van der Waals surface area (Å²) >= 11 is 0. The molecule has 276 valence electrons. The minimum atomic E-state index is -0.320. The van der Waals surface area contributed by atoms with Crippen molar-refractivity contribution in [1.29, 1.82) is 0 Å². The zero-order chi connectivity index (χ0) is 35.6. The van der Waals surface area contributed by atoms with E-state index < -0.39 is 0 Å². The highest BCUT2D eigenvalue weighted by molar-refractivity contribution is 6.33. The third-order valence-corrected chi connectivity index (χ3v) is 11.0.